The third kappa shape index (κ3) is 2.98. The zero-order valence-corrected chi connectivity index (χ0v) is 14.0. The maximum Gasteiger partial charge on any atom is 0.243 e. The lowest BCUT2D eigenvalue weighted by Gasteiger charge is -2.38. The number of sulfonamides is 1. The molecular weight excluding hydrogens is 328 g/mol. The molecule has 1 amide bonds. The van der Waals surface area contributed by atoms with E-state index in [1.807, 2.05) is 13.1 Å². The van der Waals surface area contributed by atoms with Crippen LogP contribution in [0, 0.1) is 0 Å². The van der Waals surface area contributed by atoms with E-state index in [-0.39, 0.29) is 29.9 Å². The predicted octanol–water partition coefficient (Wildman–Crippen LogP) is 0.762. The van der Waals surface area contributed by atoms with Crippen molar-refractivity contribution in [2.75, 3.05) is 13.1 Å². The van der Waals surface area contributed by atoms with Gasteiger partial charge >= 0.3 is 0 Å². The van der Waals surface area contributed by atoms with Crippen LogP contribution < -0.4 is 5.32 Å². The van der Waals surface area contributed by atoms with Gasteiger partial charge in [-0.3, -0.25) is 9.48 Å². The molecule has 7 nitrogen and oxygen atoms in total. The highest BCUT2D eigenvalue weighted by atomic mass is 32.2. The molecule has 24 heavy (non-hydrogen) atoms. The smallest absolute Gasteiger partial charge is 0.243 e. The van der Waals surface area contributed by atoms with Gasteiger partial charge in [0.1, 0.15) is 0 Å². The molecule has 2 heterocycles. The molecule has 0 atom stereocenters. The summed E-state index contributed by atoms with van der Waals surface area (Å²) in [7, 11) is -1.71. The number of aromatic nitrogens is 2. The van der Waals surface area contributed by atoms with Gasteiger partial charge in [0.25, 0.3) is 0 Å². The highest BCUT2D eigenvalue weighted by Gasteiger charge is 2.37. The number of hydrogen-bond donors (Lipinski definition) is 1. The van der Waals surface area contributed by atoms with Crippen LogP contribution in [0.25, 0.3) is 11.3 Å². The van der Waals surface area contributed by atoms with E-state index in [1.165, 1.54) is 10.4 Å². The first kappa shape index (κ1) is 16.4. The van der Waals surface area contributed by atoms with Crippen molar-refractivity contribution < 1.29 is 13.2 Å². The molecule has 0 radical (unpaired) electrons. The lowest BCUT2D eigenvalue weighted by atomic mass is 10.1. The Hall–Kier alpha value is -2.45. The van der Waals surface area contributed by atoms with Crippen LogP contribution in [-0.2, 0) is 21.9 Å². The first-order valence-corrected chi connectivity index (χ1v) is 8.87. The minimum absolute atomic E-state index is 0.168. The number of rotatable bonds is 5. The lowest BCUT2D eigenvalue weighted by molar-refractivity contribution is -0.117. The second-order valence-electron chi connectivity index (χ2n) is 5.60. The Morgan fingerprint density at radius 1 is 1.29 bits per heavy atom. The third-order valence-electron chi connectivity index (χ3n) is 3.99. The van der Waals surface area contributed by atoms with E-state index < -0.39 is 10.0 Å². The van der Waals surface area contributed by atoms with Crippen LogP contribution in [0.4, 0.5) is 0 Å². The fourth-order valence-corrected chi connectivity index (χ4v) is 4.12. The van der Waals surface area contributed by atoms with E-state index in [0.29, 0.717) is 0 Å². The molecule has 1 fully saturated rings. The summed E-state index contributed by atoms with van der Waals surface area (Å²) in [6.07, 6.45) is 2.87. The quantitative estimate of drug-likeness (QED) is 0.810. The van der Waals surface area contributed by atoms with Gasteiger partial charge in [-0.1, -0.05) is 18.7 Å². The Labute approximate surface area is 140 Å². The molecule has 3 rings (SSSR count). The molecule has 0 bridgehead atoms. The van der Waals surface area contributed by atoms with Crippen molar-refractivity contribution in [3.8, 4) is 11.3 Å². The van der Waals surface area contributed by atoms with Gasteiger partial charge in [-0.15, -0.1) is 0 Å². The van der Waals surface area contributed by atoms with Crippen LogP contribution in [0.1, 0.15) is 0 Å². The number of benzene rings is 1. The minimum Gasteiger partial charge on any atom is -0.347 e. The number of nitrogens with zero attached hydrogens (tertiary/aromatic N) is 3. The van der Waals surface area contributed by atoms with E-state index in [1.54, 1.807) is 35.1 Å². The molecule has 0 aliphatic carbocycles. The number of nitrogens with one attached hydrogen (secondary N) is 1. The van der Waals surface area contributed by atoms with E-state index in [9.17, 15) is 13.2 Å². The van der Waals surface area contributed by atoms with E-state index >= 15 is 0 Å². The molecule has 0 saturated carbocycles. The molecule has 126 valence electrons. The molecule has 2 aromatic rings. The molecule has 1 N–H and O–H groups in total. The van der Waals surface area contributed by atoms with Crippen LogP contribution in [0.2, 0.25) is 0 Å². The standard InChI is InChI=1S/C16H18N4O3S/c1-3-16(21)18-13-10-20(11-13)24(22,23)14-6-4-12(5-7-14)15-8-9-17-19(15)2/h3-9,13H,1,10-11H2,2H3,(H,18,21). The number of carbonyl (C=O) groups excluding carboxylic acids is 1. The second kappa shape index (κ2) is 6.21. The summed E-state index contributed by atoms with van der Waals surface area (Å²) in [5.41, 5.74) is 1.81. The van der Waals surface area contributed by atoms with Gasteiger partial charge in [0.05, 0.1) is 16.6 Å². The van der Waals surface area contributed by atoms with Crippen molar-refractivity contribution in [1.29, 1.82) is 0 Å². The summed E-state index contributed by atoms with van der Waals surface area (Å²) in [6, 6.07) is 8.41. The Bertz CT molecular complexity index is 865. The van der Waals surface area contributed by atoms with Gasteiger partial charge in [0.2, 0.25) is 15.9 Å². The van der Waals surface area contributed by atoms with Crippen molar-refractivity contribution >= 4 is 15.9 Å². The molecule has 1 saturated heterocycles. The number of aryl methyl sites for hydroxylation is 1. The topological polar surface area (TPSA) is 84.3 Å². The summed E-state index contributed by atoms with van der Waals surface area (Å²) in [4.78, 5) is 11.5. The summed E-state index contributed by atoms with van der Waals surface area (Å²) >= 11 is 0. The van der Waals surface area contributed by atoms with Crippen LogP contribution in [0.15, 0.2) is 54.1 Å². The normalized spacial score (nSPS) is 15.7. The van der Waals surface area contributed by atoms with Crippen LogP contribution in [0.3, 0.4) is 0 Å². The van der Waals surface area contributed by atoms with Gasteiger partial charge in [-0.05, 0) is 29.8 Å². The number of amides is 1. The average Bonchev–Trinajstić information content (AvgIpc) is 2.96. The molecule has 0 spiro atoms. The highest BCUT2D eigenvalue weighted by molar-refractivity contribution is 7.89. The Kier molecular flexibility index (Phi) is 4.25. The summed E-state index contributed by atoms with van der Waals surface area (Å²) in [5.74, 6) is -0.294. The molecule has 8 heteroatoms. The first-order valence-electron chi connectivity index (χ1n) is 7.43. The summed E-state index contributed by atoms with van der Waals surface area (Å²) < 4.78 is 28.2. The highest BCUT2D eigenvalue weighted by Crippen LogP contribution is 2.25. The van der Waals surface area contributed by atoms with E-state index in [2.05, 4.69) is 17.0 Å². The third-order valence-corrected chi connectivity index (χ3v) is 5.83. The molecule has 1 aliphatic rings. The Morgan fingerprint density at radius 2 is 1.96 bits per heavy atom. The van der Waals surface area contributed by atoms with Crippen molar-refractivity contribution in [1.82, 2.24) is 19.4 Å². The van der Waals surface area contributed by atoms with Gasteiger partial charge in [-0.2, -0.15) is 9.40 Å². The number of carbonyl (C=O) groups is 1. The molecule has 0 unspecified atom stereocenters. The van der Waals surface area contributed by atoms with Crippen molar-refractivity contribution in [3.05, 3.63) is 49.2 Å². The number of hydrogen-bond acceptors (Lipinski definition) is 4. The Morgan fingerprint density at radius 3 is 2.50 bits per heavy atom. The predicted molar refractivity (Wildman–Crippen MR) is 89.5 cm³/mol. The maximum atomic E-state index is 12.6. The van der Waals surface area contributed by atoms with Crippen molar-refractivity contribution in [3.63, 3.8) is 0 Å². The van der Waals surface area contributed by atoms with Crippen LogP contribution in [0.5, 0.6) is 0 Å². The summed E-state index contributed by atoms with van der Waals surface area (Å²) in [6.45, 7) is 3.91. The summed E-state index contributed by atoms with van der Waals surface area (Å²) in [5, 5.41) is 6.78. The monoisotopic (exact) mass is 346 g/mol. The first-order chi connectivity index (χ1) is 11.4. The van der Waals surface area contributed by atoms with Gasteiger partial charge < -0.3 is 5.32 Å². The van der Waals surface area contributed by atoms with Gasteiger partial charge in [0, 0.05) is 26.3 Å². The largest absolute Gasteiger partial charge is 0.347 e. The molecule has 1 aromatic carbocycles. The zero-order valence-electron chi connectivity index (χ0n) is 13.2. The molecular formula is C16H18N4O3S. The minimum atomic E-state index is -3.54. The van der Waals surface area contributed by atoms with E-state index in [0.717, 1.165) is 11.3 Å². The van der Waals surface area contributed by atoms with Gasteiger partial charge in [-0.25, -0.2) is 8.42 Å². The van der Waals surface area contributed by atoms with Gasteiger partial charge in [0.15, 0.2) is 0 Å². The van der Waals surface area contributed by atoms with Crippen molar-refractivity contribution in [2.24, 2.45) is 7.05 Å². The van der Waals surface area contributed by atoms with Crippen molar-refractivity contribution in [2.45, 2.75) is 10.9 Å². The van der Waals surface area contributed by atoms with Crippen LogP contribution >= 0.6 is 0 Å². The maximum absolute atomic E-state index is 12.6. The fourth-order valence-electron chi connectivity index (χ4n) is 2.59. The SMILES string of the molecule is C=CC(=O)NC1CN(S(=O)(=O)c2ccc(-c3ccnn3C)cc2)C1. The molecule has 1 aliphatic heterocycles. The fraction of sp³-hybridized carbons (Fsp3) is 0.250. The van der Waals surface area contributed by atoms with E-state index in [4.69, 9.17) is 0 Å². The van der Waals surface area contributed by atoms with Crippen LogP contribution in [-0.4, -0.2) is 47.5 Å². The Balaban J connectivity index is 1.71. The zero-order chi connectivity index (χ0) is 17.3. The molecule has 1 aromatic heterocycles. The second-order valence-corrected chi connectivity index (χ2v) is 7.53. The lowest BCUT2D eigenvalue weighted by Crippen LogP contribution is -2.60. The average molecular weight is 346 g/mol.